The van der Waals surface area contributed by atoms with E-state index in [2.05, 4.69) is 42.4 Å². The van der Waals surface area contributed by atoms with E-state index >= 15 is 0 Å². The van der Waals surface area contributed by atoms with Gasteiger partial charge in [-0.15, -0.1) is 23.4 Å². The van der Waals surface area contributed by atoms with Crippen molar-refractivity contribution in [2.75, 3.05) is 18.0 Å². The third-order valence-electron chi connectivity index (χ3n) is 6.28. The van der Waals surface area contributed by atoms with E-state index in [4.69, 9.17) is 0 Å². The van der Waals surface area contributed by atoms with Gasteiger partial charge >= 0.3 is 6.36 Å². The highest BCUT2D eigenvalue weighted by Crippen LogP contribution is 2.32. The lowest BCUT2D eigenvalue weighted by atomic mass is 10.0. The number of rotatable bonds is 6. The molecule has 0 atom stereocenters. The summed E-state index contributed by atoms with van der Waals surface area (Å²) in [7, 11) is 1.89. The van der Waals surface area contributed by atoms with E-state index in [9.17, 15) is 13.2 Å². The molecule has 0 amide bonds. The second-order valence-corrected chi connectivity index (χ2v) is 8.59. The van der Waals surface area contributed by atoms with Crippen LogP contribution in [-0.4, -0.2) is 45.5 Å². The maximum absolute atomic E-state index is 12.3. The summed E-state index contributed by atoms with van der Waals surface area (Å²) >= 11 is 0. The Morgan fingerprint density at radius 1 is 0.971 bits per heavy atom. The minimum absolute atomic E-state index is 0.211. The fraction of sp³-hybridized carbons (Fsp3) is 0.320. The van der Waals surface area contributed by atoms with E-state index in [1.165, 1.54) is 12.1 Å². The first-order valence-electron chi connectivity index (χ1n) is 11.4. The van der Waals surface area contributed by atoms with Gasteiger partial charge in [0.1, 0.15) is 11.4 Å². The number of aromatic nitrogens is 4. The lowest BCUT2D eigenvalue weighted by molar-refractivity contribution is -0.274. The van der Waals surface area contributed by atoms with Crippen LogP contribution < -0.4 is 15.0 Å². The second-order valence-electron chi connectivity index (χ2n) is 8.59. The molecule has 0 bridgehead atoms. The number of piperidine rings is 1. The van der Waals surface area contributed by atoms with E-state index in [1.54, 1.807) is 23.0 Å². The number of ether oxygens (including phenoxy) is 1. The third kappa shape index (κ3) is 5.22. The Labute approximate surface area is 200 Å². The Morgan fingerprint density at radius 3 is 2.34 bits per heavy atom. The summed E-state index contributed by atoms with van der Waals surface area (Å²) in [5.41, 5.74) is 2.64. The zero-order valence-electron chi connectivity index (χ0n) is 19.2. The molecule has 0 saturated carbocycles. The normalized spacial score (nSPS) is 15.0. The van der Waals surface area contributed by atoms with Crippen molar-refractivity contribution in [3.63, 3.8) is 0 Å². The fourth-order valence-corrected chi connectivity index (χ4v) is 4.49. The van der Waals surface area contributed by atoms with Crippen molar-refractivity contribution in [1.29, 1.82) is 0 Å². The molecular formula is C25H25F3N6O. The number of hydrogen-bond donors (Lipinski definition) is 1. The van der Waals surface area contributed by atoms with Gasteiger partial charge in [0.15, 0.2) is 5.82 Å². The molecule has 0 aliphatic carbocycles. The molecule has 0 radical (unpaired) electrons. The van der Waals surface area contributed by atoms with Crippen LogP contribution in [0.4, 0.5) is 19.0 Å². The summed E-state index contributed by atoms with van der Waals surface area (Å²) in [5, 5.41) is 19.0. The second kappa shape index (κ2) is 9.53. The number of alkyl halides is 3. The smallest absolute Gasteiger partial charge is 0.406 e. The molecule has 1 fully saturated rings. The van der Waals surface area contributed by atoms with Crippen LogP contribution in [0.5, 0.6) is 5.75 Å². The number of hydrogen-bond acceptors (Lipinski definition) is 6. The summed E-state index contributed by atoms with van der Waals surface area (Å²) in [6.45, 7) is 2.25. The zero-order valence-corrected chi connectivity index (χ0v) is 19.2. The number of fused-ring (bicyclic) bond motifs is 1. The van der Waals surface area contributed by atoms with Crippen LogP contribution in [-0.2, 0) is 13.6 Å². The SMILES string of the molecule is Cn1nccc1-c1nnc(N2CCC(NCc3ccc(OC(F)(F)F)cc3)CC2)c2ccccc12. The molecule has 1 N–H and O–H groups in total. The maximum atomic E-state index is 12.3. The first kappa shape index (κ1) is 23.1. The van der Waals surface area contributed by atoms with Crippen LogP contribution in [0.2, 0.25) is 0 Å². The molecule has 5 rings (SSSR count). The van der Waals surface area contributed by atoms with Crippen LogP contribution in [0.3, 0.4) is 0 Å². The fourth-order valence-electron chi connectivity index (χ4n) is 4.49. The standard InChI is InChI=1S/C25H25F3N6O/c1-33-22(10-13-30-33)23-20-4-2-3-5-21(20)24(32-31-23)34-14-11-18(12-15-34)29-16-17-6-8-19(9-7-17)35-25(26,27)28/h2-10,13,18,29H,11-12,14-16H2,1H3. The summed E-state index contributed by atoms with van der Waals surface area (Å²) < 4.78 is 42.7. The summed E-state index contributed by atoms with van der Waals surface area (Å²) in [6.07, 6.45) is -1.08. The first-order chi connectivity index (χ1) is 16.9. The van der Waals surface area contributed by atoms with E-state index in [-0.39, 0.29) is 5.75 Å². The summed E-state index contributed by atoms with van der Waals surface area (Å²) in [4.78, 5) is 2.27. The number of nitrogens with one attached hydrogen (secondary N) is 1. The largest absolute Gasteiger partial charge is 0.573 e. The monoisotopic (exact) mass is 482 g/mol. The minimum atomic E-state index is -4.68. The molecule has 2 aromatic carbocycles. The Kier molecular flexibility index (Phi) is 6.29. The highest BCUT2D eigenvalue weighted by Gasteiger charge is 2.31. The molecule has 1 aliphatic heterocycles. The van der Waals surface area contributed by atoms with Crippen molar-refractivity contribution >= 4 is 16.6 Å². The first-order valence-corrected chi connectivity index (χ1v) is 11.4. The van der Waals surface area contributed by atoms with E-state index in [0.29, 0.717) is 12.6 Å². The van der Waals surface area contributed by atoms with Gasteiger partial charge in [0.2, 0.25) is 0 Å². The number of halogens is 3. The highest BCUT2D eigenvalue weighted by atomic mass is 19.4. The molecule has 182 valence electrons. The zero-order chi connectivity index (χ0) is 24.4. The van der Waals surface area contributed by atoms with Crippen molar-refractivity contribution in [2.45, 2.75) is 31.8 Å². The molecule has 2 aromatic heterocycles. The van der Waals surface area contributed by atoms with E-state index in [1.807, 2.05) is 25.2 Å². The van der Waals surface area contributed by atoms with Crippen molar-refractivity contribution in [3.8, 4) is 17.1 Å². The molecule has 35 heavy (non-hydrogen) atoms. The summed E-state index contributed by atoms with van der Waals surface area (Å²) in [5.74, 6) is 0.669. The Hall–Kier alpha value is -3.66. The predicted molar refractivity (Wildman–Crippen MR) is 127 cm³/mol. The third-order valence-corrected chi connectivity index (χ3v) is 6.28. The molecule has 4 aromatic rings. The number of nitrogens with zero attached hydrogens (tertiary/aromatic N) is 5. The van der Waals surface area contributed by atoms with Crippen LogP contribution in [0.1, 0.15) is 18.4 Å². The van der Waals surface area contributed by atoms with E-state index < -0.39 is 6.36 Å². The average molecular weight is 483 g/mol. The topological polar surface area (TPSA) is 68.1 Å². The lowest BCUT2D eigenvalue weighted by Crippen LogP contribution is -2.42. The van der Waals surface area contributed by atoms with Crippen molar-refractivity contribution in [2.24, 2.45) is 7.05 Å². The lowest BCUT2D eigenvalue weighted by Gasteiger charge is -2.33. The van der Waals surface area contributed by atoms with Gasteiger partial charge in [-0.2, -0.15) is 5.10 Å². The number of benzene rings is 2. The number of anilines is 1. The molecule has 1 aliphatic rings. The molecule has 10 heteroatoms. The van der Waals surface area contributed by atoms with Gasteiger partial charge in [0, 0.05) is 49.7 Å². The van der Waals surface area contributed by atoms with Gasteiger partial charge in [0.05, 0.1) is 5.69 Å². The van der Waals surface area contributed by atoms with Gasteiger partial charge in [-0.1, -0.05) is 36.4 Å². The van der Waals surface area contributed by atoms with Gasteiger partial charge in [-0.25, -0.2) is 0 Å². The van der Waals surface area contributed by atoms with Gasteiger partial charge in [-0.05, 0) is 36.6 Å². The predicted octanol–water partition coefficient (Wildman–Crippen LogP) is 4.69. The maximum Gasteiger partial charge on any atom is 0.573 e. The summed E-state index contributed by atoms with van der Waals surface area (Å²) in [6, 6.07) is 16.4. The van der Waals surface area contributed by atoms with Gasteiger partial charge in [0.25, 0.3) is 0 Å². The molecule has 7 nitrogen and oxygen atoms in total. The minimum Gasteiger partial charge on any atom is -0.406 e. The molecule has 1 saturated heterocycles. The molecule has 0 unspecified atom stereocenters. The van der Waals surface area contributed by atoms with Gasteiger partial charge < -0.3 is 15.0 Å². The Bertz CT molecular complexity index is 1300. The van der Waals surface area contributed by atoms with Crippen LogP contribution >= 0.6 is 0 Å². The molecule has 0 spiro atoms. The quantitative estimate of drug-likeness (QED) is 0.430. The van der Waals surface area contributed by atoms with Crippen LogP contribution in [0.25, 0.3) is 22.2 Å². The molecular weight excluding hydrogens is 457 g/mol. The van der Waals surface area contributed by atoms with Crippen molar-refractivity contribution < 1.29 is 17.9 Å². The number of aryl methyl sites for hydroxylation is 1. The Morgan fingerprint density at radius 2 is 1.69 bits per heavy atom. The average Bonchev–Trinajstić information content (AvgIpc) is 3.28. The van der Waals surface area contributed by atoms with E-state index in [0.717, 1.165) is 59.5 Å². The van der Waals surface area contributed by atoms with Crippen LogP contribution in [0, 0.1) is 0 Å². The van der Waals surface area contributed by atoms with Crippen molar-refractivity contribution in [3.05, 3.63) is 66.4 Å². The van der Waals surface area contributed by atoms with Crippen LogP contribution in [0.15, 0.2) is 60.8 Å². The van der Waals surface area contributed by atoms with Crippen molar-refractivity contribution in [1.82, 2.24) is 25.3 Å². The Balaban J connectivity index is 1.22. The highest BCUT2D eigenvalue weighted by molar-refractivity contribution is 5.99. The molecule has 3 heterocycles. The van der Waals surface area contributed by atoms with Gasteiger partial charge in [-0.3, -0.25) is 4.68 Å².